The number of thioether (sulfide) groups is 1. The average Bonchev–Trinajstić information content (AvgIpc) is 2.68. The molecule has 0 spiro atoms. The molecule has 1 unspecified atom stereocenters. The summed E-state index contributed by atoms with van der Waals surface area (Å²) in [6, 6.07) is 19.0. The zero-order valence-electron chi connectivity index (χ0n) is 14.7. The van der Waals surface area contributed by atoms with Gasteiger partial charge in [-0.15, -0.1) is 11.8 Å². The molecule has 0 amide bonds. The molecular weight excluding hydrogens is 348 g/mol. The van der Waals surface area contributed by atoms with E-state index in [2.05, 4.69) is 9.97 Å². The Hall–Kier alpha value is -2.73. The molecule has 3 aromatic rings. The summed E-state index contributed by atoms with van der Waals surface area (Å²) in [5.41, 5.74) is 0. The van der Waals surface area contributed by atoms with E-state index in [1.807, 2.05) is 73.8 Å². The summed E-state index contributed by atoms with van der Waals surface area (Å²) in [6.45, 7) is 2.35. The van der Waals surface area contributed by atoms with Gasteiger partial charge in [0.1, 0.15) is 41.3 Å². The van der Waals surface area contributed by atoms with Crippen LogP contribution in [0.1, 0.15) is 6.92 Å². The first-order valence-electron chi connectivity index (χ1n) is 8.21. The first kappa shape index (κ1) is 18.1. The molecule has 5 nitrogen and oxygen atoms in total. The summed E-state index contributed by atoms with van der Waals surface area (Å²) in [6.07, 6.45) is 3.32. The van der Waals surface area contributed by atoms with E-state index in [1.165, 1.54) is 6.33 Å². The van der Waals surface area contributed by atoms with Crippen molar-refractivity contribution in [1.29, 1.82) is 0 Å². The lowest BCUT2D eigenvalue weighted by Crippen LogP contribution is -2.21. The van der Waals surface area contributed by atoms with E-state index in [1.54, 1.807) is 11.8 Å². The number of aromatic nitrogens is 2. The smallest absolute Gasteiger partial charge is 0.217 e. The van der Waals surface area contributed by atoms with E-state index in [9.17, 15) is 0 Å². The molecule has 3 rings (SSSR count). The summed E-state index contributed by atoms with van der Waals surface area (Å²) in [5, 5.41) is 0.872. The van der Waals surface area contributed by atoms with Crippen LogP contribution in [0.5, 0.6) is 23.1 Å². The van der Waals surface area contributed by atoms with Crippen LogP contribution in [0.2, 0.25) is 0 Å². The van der Waals surface area contributed by atoms with Gasteiger partial charge in [-0.2, -0.15) is 0 Å². The minimum Gasteiger partial charge on any atom is -0.490 e. The highest BCUT2D eigenvalue weighted by Gasteiger charge is 2.08. The molecule has 134 valence electrons. The van der Waals surface area contributed by atoms with Crippen molar-refractivity contribution < 1.29 is 14.2 Å². The van der Waals surface area contributed by atoms with Crippen LogP contribution < -0.4 is 14.2 Å². The molecule has 0 bridgehead atoms. The normalized spacial score (nSPS) is 11.6. The van der Waals surface area contributed by atoms with Gasteiger partial charge in [0, 0.05) is 6.07 Å². The first-order valence-corrected chi connectivity index (χ1v) is 9.44. The van der Waals surface area contributed by atoms with E-state index in [0.29, 0.717) is 12.5 Å². The van der Waals surface area contributed by atoms with Crippen molar-refractivity contribution in [3.63, 3.8) is 0 Å². The van der Waals surface area contributed by atoms with Crippen LogP contribution in [0.4, 0.5) is 0 Å². The third kappa shape index (κ3) is 5.39. The minimum absolute atomic E-state index is 0.139. The Morgan fingerprint density at radius 1 is 0.923 bits per heavy atom. The van der Waals surface area contributed by atoms with Crippen molar-refractivity contribution in [2.75, 3.05) is 12.9 Å². The predicted molar refractivity (Wildman–Crippen MR) is 102 cm³/mol. The summed E-state index contributed by atoms with van der Waals surface area (Å²) in [7, 11) is 0. The Morgan fingerprint density at radius 3 is 2.35 bits per heavy atom. The second-order valence-electron chi connectivity index (χ2n) is 5.52. The zero-order valence-corrected chi connectivity index (χ0v) is 15.5. The SMILES string of the molecule is CSc1cc(OC(C)COc2ccc(Oc3ccccc3)cc2)ncn1. The maximum Gasteiger partial charge on any atom is 0.217 e. The van der Waals surface area contributed by atoms with Crippen LogP contribution in [-0.2, 0) is 0 Å². The van der Waals surface area contributed by atoms with Gasteiger partial charge < -0.3 is 14.2 Å². The van der Waals surface area contributed by atoms with Gasteiger partial charge in [0.25, 0.3) is 0 Å². The average molecular weight is 368 g/mol. The number of ether oxygens (including phenoxy) is 3. The molecule has 0 aliphatic rings. The highest BCUT2D eigenvalue weighted by molar-refractivity contribution is 7.98. The molecule has 26 heavy (non-hydrogen) atoms. The van der Waals surface area contributed by atoms with Crippen LogP contribution in [-0.4, -0.2) is 28.9 Å². The van der Waals surface area contributed by atoms with Crippen molar-refractivity contribution in [3.8, 4) is 23.1 Å². The van der Waals surface area contributed by atoms with E-state index >= 15 is 0 Å². The van der Waals surface area contributed by atoms with Gasteiger partial charge in [0.05, 0.1) is 0 Å². The molecule has 0 fully saturated rings. The third-order valence-corrected chi connectivity index (χ3v) is 4.08. The molecule has 0 aliphatic heterocycles. The highest BCUT2D eigenvalue weighted by Crippen LogP contribution is 2.23. The lowest BCUT2D eigenvalue weighted by molar-refractivity contribution is 0.137. The fraction of sp³-hybridized carbons (Fsp3) is 0.200. The number of rotatable bonds is 8. The number of hydrogen-bond acceptors (Lipinski definition) is 6. The highest BCUT2D eigenvalue weighted by atomic mass is 32.2. The topological polar surface area (TPSA) is 53.5 Å². The van der Waals surface area contributed by atoms with Gasteiger partial charge in [0.15, 0.2) is 0 Å². The molecular formula is C20H20N2O3S. The summed E-state index contributed by atoms with van der Waals surface area (Å²) < 4.78 is 17.3. The quantitative estimate of drug-likeness (QED) is 0.419. The van der Waals surface area contributed by atoms with Gasteiger partial charge in [-0.05, 0) is 49.6 Å². The van der Waals surface area contributed by atoms with Crippen molar-refractivity contribution in [1.82, 2.24) is 9.97 Å². The minimum atomic E-state index is -0.139. The Labute approximate surface area is 157 Å². The second-order valence-corrected chi connectivity index (χ2v) is 6.35. The molecule has 1 atom stereocenters. The number of para-hydroxylation sites is 1. The van der Waals surface area contributed by atoms with Crippen LogP contribution >= 0.6 is 11.8 Å². The van der Waals surface area contributed by atoms with Gasteiger partial charge >= 0.3 is 0 Å². The first-order chi connectivity index (χ1) is 12.7. The molecule has 0 saturated carbocycles. The summed E-state index contributed by atoms with van der Waals surface area (Å²) in [5.74, 6) is 2.87. The van der Waals surface area contributed by atoms with Crippen molar-refractivity contribution in [2.45, 2.75) is 18.1 Å². The van der Waals surface area contributed by atoms with Crippen molar-refractivity contribution in [2.24, 2.45) is 0 Å². The maximum atomic E-state index is 5.77. The zero-order chi connectivity index (χ0) is 18.2. The lowest BCUT2D eigenvalue weighted by atomic mass is 10.3. The number of benzene rings is 2. The molecule has 2 aromatic carbocycles. The van der Waals surface area contributed by atoms with Crippen LogP contribution in [0.25, 0.3) is 0 Å². The number of hydrogen-bond donors (Lipinski definition) is 0. The van der Waals surface area contributed by atoms with E-state index in [4.69, 9.17) is 14.2 Å². The van der Waals surface area contributed by atoms with Crippen LogP contribution in [0, 0.1) is 0 Å². The molecule has 0 saturated heterocycles. The number of nitrogens with zero attached hydrogens (tertiary/aromatic N) is 2. The van der Waals surface area contributed by atoms with Crippen LogP contribution in [0.15, 0.2) is 72.0 Å². The van der Waals surface area contributed by atoms with Gasteiger partial charge in [-0.1, -0.05) is 18.2 Å². The van der Waals surface area contributed by atoms with Crippen molar-refractivity contribution >= 4 is 11.8 Å². The van der Waals surface area contributed by atoms with Gasteiger partial charge in [-0.25, -0.2) is 9.97 Å². The largest absolute Gasteiger partial charge is 0.490 e. The monoisotopic (exact) mass is 368 g/mol. The van der Waals surface area contributed by atoms with E-state index < -0.39 is 0 Å². The second kappa shape index (κ2) is 9.10. The Balaban J connectivity index is 1.49. The summed E-state index contributed by atoms with van der Waals surface area (Å²) in [4.78, 5) is 8.24. The fourth-order valence-electron chi connectivity index (χ4n) is 2.18. The van der Waals surface area contributed by atoms with E-state index in [-0.39, 0.29) is 6.10 Å². The standard InChI is InChI=1S/C20H20N2O3S/c1-15(24-19-12-20(26-2)22-14-21-19)13-23-16-8-10-18(11-9-16)25-17-6-4-3-5-7-17/h3-12,14-15H,13H2,1-2H3. The molecule has 6 heteroatoms. The molecule has 0 aliphatic carbocycles. The maximum absolute atomic E-state index is 5.77. The van der Waals surface area contributed by atoms with Gasteiger partial charge in [-0.3, -0.25) is 0 Å². The Bertz CT molecular complexity index is 813. The van der Waals surface area contributed by atoms with Crippen molar-refractivity contribution in [3.05, 3.63) is 67.0 Å². The van der Waals surface area contributed by atoms with Gasteiger partial charge in [0.2, 0.25) is 5.88 Å². The predicted octanol–water partition coefficient (Wildman–Crippen LogP) is 4.84. The Morgan fingerprint density at radius 2 is 1.62 bits per heavy atom. The lowest BCUT2D eigenvalue weighted by Gasteiger charge is -2.15. The fourth-order valence-corrected chi connectivity index (χ4v) is 2.55. The van der Waals surface area contributed by atoms with Crippen LogP contribution in [0.3, 0.4) is 0 Å². The van der Waals surface area contributed by atoms with E-state index in [0.717, 1.165) is 22.3 Å². The molecule has 0 radical (unpaired) electrons. The Kier molecular flexibility index (Phi) is 6.33. The molecule has 1 aromatic heterocycles. The summed E-state index contributed by atoms with van der Waals surface area (Å²) >= 11 is 1.55. The molecule has 0 N–H and O–H groups in total. The molecule has 1 heterocycles. The third-order valence-electron chi connectivity index (χ3n) is 3.44.